The highest BCUT2D eigenvalue weighted by atomic mass is 16.6. The number of ether oxygens (including phenoxy) is 2. The molecule has 2 unspecified atom stereocenters. The van der Waals surface area contributed by atoms with Gasteiger partial charge in [-0.2, -0.15) is 0 Å². The third-order valence-electron chi connectivity index (χ3n) is 6.03. The molecule has 0 spiro atoms. The number of nitrogens with zero attached hydrogens (tertiary/aromatic N) is 1. The maximum Gasteiger partial charge on any atom is 0.408 e. The van der Waals surface area contributed by atoms with Crippen LogP contribution in [0.25, 0.3) is 0 Å². The third-order valence-corrected chi connectivity index (χ3v) is 6.03. The summed E-state index contributed by atoms with van der Waals surface area (Å²) in [6.07, 6.45) is 0.911. The van der Waals surface area contributed by atoms with E-state index in [2.05, 4.69) is 10.6 Å². The lowest BCUT2D eigenvalue weighted by atomic mass is 9.98. The molecule has 0 bridgehead atoms. The molecule has 0 radical (unpaired) electrons. The average molecular weight is 496 g/mol. The number of hydrogen-bond donors (Lipinski definition) is 2. The van der Waals surface area contributed by atoms with Gasteiger partial charge in [-0.15, -0.1) is 0 Å². The highest BCUT2D eigenvalue weighted by Crippen LogP contribution is 2.36. The van der Waals surface area contributed by atoms with Gasteiger partial charge in [0.2, 0.25) is 5.91 Å². The molecule has 0 heterocycles. The molecule has 1 saturated carbocycles. The van der Waals surface area contributed by atoms with Crippen LogP contribution in [0.2, 0.25) is 0 Å². The number of rotatable bonds is 8. The zero-order valence-electron chi connectivity index (χ0n) is 22.2. The van der Waals surface area contributed by atoms with Crippen molar-refractivity contribution >= 4 is 23.6 Å². The second-order valence-corrected chi connectivity index (χ2v) is 10.3. The van der Waals surface area contributed by atoms with Crippen LogP contribution in [0.15, 0.2) is 42.5 Å². The van der Waals surface area contributed by atoms with Crippen molar-refractivity contribution in [3.63, 3.8) is 0 Å². The molecular formula is C28H37N3O5. The lowest BCUT2D eigenvalue weighted by Gasteiger charge is -2.34. The van der Waals surface area contributed by atoms with Crippen LogP contribution < -0.4 is 15.4 Å². The van der Waals surface area contributed by atoms with Gasteiger partial charge in [0.1, 0.15) is 23.4 Å². The van der Waals surface area contributed by atoms with Crippen molar-refractivity contribution < 1.29 is 23.9 Å². The quantitative estimate of drug-likeness (QED) is 0.543. The topological polar surface area (TPSA) is 97.0 Å². The van der Waals surface area contributed by atoms with E-state index in [9.17, 15) is 14.4 Å². The smallest absolute Gasteiger partial charge is 0.408 e. The van der Waals surface area contributed by atoms with Gasteiger partial charge in [-0.05, 0) is 95.3 Å². The average Bonchev–Trinajstić information content (AvgIpc) is 3.63. The molecule has 3 amide bonds. The van der Waals surface area contributed by atoms with Crippen molar-refractivity contribution in [3.8, 4) is 5.75 Å². The van der Waals surface area contributed by atoms with Gasteiger partial charge < -0.3 is 25.0 Å². The van der Waals surface area contributed by atoms with E-state index in [1.54, 1.807) is 64.0 Å². The van der Waals surface area contributed by atoms with E-state index in [1.165, 1.54) is 0 Å². The summed E-state index contributed by atoms with van der Waals surface area (Å²) in [6.45, 7) is 10.9. The van der Waals surface area contributed by atoms with Crippen LogP contribution in [0, 0.1) is 13.8 Å². The molecule has 3 rings (SSSR count). The van der Waals surface area contributed by atoms with Gasteiger partial charge >= 0.3 is 6.09 Å². The van der Waals surface area contributed by atoms with Gasteiger partial charge in [0, 0.05) is 11.7 Å². The van der Waals surface area contributed by atoms with E-state index in [4.69, 9.17) is 9.47 Å². The Bertz CT molecular complexity index is 1100. The summed E-state index contributed by atoms with van der Waals surface area (Å²) >= 11 is 0. The van der Waals surface area contributed by atoms with Crippen molar-refractivity contribution in [1.29, 1.82) is 0 Å². The predicted octanol–water partition coefficient (Wildman–Crippen LogP) is 4.90. The molecule has 2 N–H and O–H groups in total. The molecule has 36 heavy (non-hydrogen) atoms. The second kappa shape index (κ2) is 11.0. The Hall–Kier alpha value is -3.55. The molecule has 0 saturated heterocycles. The molecular weight excluding hydrogens is 458 g/mol. The Kier molecular flexibility index (Phi) is 8.28. The zero-order valence-corrected chi connectivity index (χ0v) is 22.2. The van der Waals surface area contributed by atoms with Crippen molar-refractivity contribution in [1.82, 2.24) is 10.2 Å². The molecule has 1 aliphatic rings. The fraction of sp³-hybridized carbons (Fsp3) is 0.464. The maximum atomic E-state index is 13.7. The molecule has 2 aromatic rings. The van der Waals surface area contributed by atoms with Gasteiger partial charge in [0.05, 0.1) is 7.11 Å². The van der Waals surface area contributed by atoms with Crippen LogP contribution in [0.4, 0.5) is 10.5 Å². The molecule has 0 aromatic heterocycles. The minimum Gasteiger partial charge on any atom is -0.497 e. The fourth-order valence-electron chi connectivity index (χ4n) is 3.90. The van der Waals surface area contributed by atoms with Crippen molar-refractivity contribution in [3.05, 3.63) is 59.2 Å². The van der Waals surface area contributed by atoms with Gasteiger partial charge in [-0.3, -0.25) is 9.59 Å². The molecule has 8 nitrogen and oxygen atoms in total. The number of aryl methyl sites for hydroxylation is 2. The number of alkyl carbamates (subject to hydrolysis) is 1. The number of carbonyl (C=O) groups is 3. The van der Waals surface area contributed by atoms with Gasteiger partial charge in [0.25, 0.3) is 5.91 Å². The van der Waals surface area contributed by atoms with Gasteiger partial charge in [-0.1, -0.05) is 18.2 Å². The Balaban J connectivity index is 1.92. The number of amides is 3. The summed E-state index contributed by atoms with van der Waals surface area (Å²) in [4.78, 5) is 41.4. The third kappa shape index (κ3) is 6.99. The number of benzene rings is 2. The standard InChI is InChI=1S/C28H37N3O5/c1-17-8-9-20(16-18(17)2)24(25(32)30-21-10-14-23(35-7)15-11-21)31(22-12-13-22)26(33)19(3)29-27(34)36-28(4,5)6/h8-11,14-16,19,22,24H,12-13H2,1-7H3,(H,29,34)(H,30,32). The highest BCUT2D eigenvalue weighted by molar-refractivity contribution is 5.99. The molecule has 1 fully saturated rings. The van der Waals surface area contributed by atoms with E-state index >= 15 is 0 Å². The first-order valence-electron chi connectivity index (χ1n) is 12.2. The minimum atomic E-state index is -0.872. The van der Waals surface area contributed by atoms with E-state index in [0.29, 0.717) is 17.0 Å². The van der Waals surface area contributed by atoms with Gasteiger partial charge in [-0.25, -0.2) is 4.79 Å². The van der Waals surface area contributed by atoms with E-state index in [0.717, 1.165) is 24.0 Å². The highest BCUT2D eigenvalue weighted by Gasteiger charge is 2.43. The first-order valence-corrected chi connectivity index (χ1v) is 12.2. The Labute approximate surface area is 213 Å². The van der Waals surface area contributed by atoms with E-state index < -0.39 is 23.8 Å². The van der Waals surface area contributed by atoms with Crippen LogP contribution in [-0.2, 0) is 14.3 Å². The SMILES string of the molecule is COc1ccc(NC(=O)C(c2ccc(C)c(C)c2)N(C(=O)C(C)NC(=O)OC(C)(C)C)C2CC2)cc1. The summed E-state index contributed by atoms with van der Waals surface area (Å²) in [6, 6.07) is 11.0. The monoisotopic (exact) mass is 495 g/mol. The number of carbonyl (C=O) groups excluding carboxylic acids is 3. The normalized spacial score (nSPS) is 14.9. The number of hydrogen-bond acceptors (Lipinski definition) is 5. The van der Waals surface area contributed by atoms with E-state index in [1.807, 2.05) is 32.0 Å². The Morgan fingerprint density at radius 2 is 1.64 bits per heavy atom. The molecule has 194 valence electrons. The van der Waals surface area contributed by atoms with Crippen LogP contribution in [0.3, 0.4) is 0 Å². The largest absolute Gasteiger partial charge is 0.497 e. The van der Waals surface area contributed by atoms with Crippen molar-refractivity contribution in [2.75, 3.05) is 12.4 Å². The predicted molar refractivity (Wildman–Crippen MR) is 139 cm³/mol. The summed E-state index contributed by atoms with van der Waals surface area (Å²) in [5.74, 6) is 0.0140. The first-order chi connectivity index (χ1) is 16.9. The van der Waals surface area contributed by atoms with Crippen LogP contribution in [-0.4, -0.2) is 47.6 Å². The van der Waals surface area contributed by atoms with Crippen molar-refractivity contribution in [2.24, 2.45) is 0 Å². The summed E-state index contributed by atoms with van der Waals surface area (Å²) in [5, 5.41) is 5.58. The molecule has 8 heteroatoms. The lowest BCUT2D eigenvalue weighted by molar-refractivity contribution is -0.141. The summed E-state index contributed by atoms with van der Waals surface area (Å²) in [5.41, 5.74) is 2.74. The minimum absolute atomic E-state index is 0.0892. The first kappa shape index (κ1) is 27.0. The fourth-order valence-corrected chi connectivity index (χ4v) is 3.90. The number of nitrogens with one attached hydrogen (secondary N) is 2. The van der Waals surface area contributed by atoms with Crippen LogP contribution in [0.1, 0.15) is 63.3 Å². The number of methoxy groups -OCH3 is 1. The zero-order chi connectivity index (χ0) is 26.6. The molecule has 1 aliphatic carbocycles. The molecule has 2 aromatic carbocycles. The van der Waals surface area contributed by atoms with Gasteiger partial charge in [0.15, 0.2) is 0 Å². The van der Waals surface area contributed by atoms with E-state index in [-0.39, 0.29) is 17.9 Å². The summed E-state index contributed by atoms with van der Waals surface area (Å²) < 4.78 is 10.5. The second-order valence-electron chi connectivity index (χ2n) is 10.3. The lowest BCUT2D eigenvalue weighted by Crippen LogP contribution is -2.52. The van der Waals surface area contributed by atoms with Crippen LogP contribution >= 0.6 is 0 Å². The maximum absolute atomic E-state index is 13.7. The Morgan fingerprint density at radius 3 is 2.17 bits per heavy atom. The molecule has 2 atom stereocenters. The Morgan fingerprint density at radius 1 is 1.00 bits per heavy atom. The summed E-state index contributed by atoms with van der Waals surface area (Å²) in [7, 11) is 1.58. The van der Waals surface area contributed by atoms with Crippen molar-refractivity contribution in [2.45, 2.75) is 78.1 Å². The molecule has 0 aliphatic heterocycles. The van der Waals surface area contributed by atoms with Crippen LogP contribution in [0.5, 0.6) is 5.75 Å². The number of anilines is 1.